The molecule has 5 heteroatoms. The normalized spacial score (nSPS) is 17.1. The van der Waals surface area contributed by atoms with Crippen molar-refractivity contribution in [1.82, 2.24) is 15.2 Å². The number of aromatic nitrogens is 3. The van der Waals surface area contributed by atoms with Crippen LogP contribution in [0.15, 0.2) is 35.3 Å². The van der Waals surface area contributed by atoms with Crippen LogP contribution in [0.4, 0.5) is 5.69 Å². The van der Waals surface area contributed by atoms with Crippen LogP contribution in [0.3, 0.4) is 0 Å². The van der Waals surface area contributed by atoms with Crippen LogP contribution >= 0.6 is 0 Å². The van der Waals surface area contributed by atoms with E-state index in [1.54, 1.807) is 6.20 Å². The van der Waals surface area contributed by atoms with E-state index in [4.69, 9.17) is 0 Å². The van der Waals surface area contributed by atoms with Crippen molar-refractivity contribution in [3.63, 3.8) is 0 Å². The molecule has 0 amide bonds. The van der Waals surface area contributed by atoms with Crippen LogP contribution < -0.4 is 10.9 Å². The number of nitrogens with zero attached hydrogens (tertiary/aromatic N) is 1. The zero-order valence-corrected chi connectivity index (χ0v) is 11.0. The van der Waals surface area contributed by atoms with Crippen molar-refractivity contribution in [2.75, 3.05) is 11.9 Å². The van der Waals surface area contributed by atoms with Crippen molar-refractivity contribution in [3.05, 3.63) is 46.4 Å². The van der Waals surface area contributed by atoms with Gasteiger partial charge in [0, 0.05) is 35.1 Å². The summed E-state index contributed by atoms with van der Waals surface area (Å²) in [7, 11) is 0. The number of hydrogen-bond donors (Lipinski definition) is 3. The van der Waals surface area contributed by atoms with Gasteiger partial charge in [0.15, 0.2) is 0 Å². The molecule has 1 aliphatic heterocycles. The van der Waals surface area contributed by atoms with Crippen molar-refractivity contribution in [2.45, 2.75) is 12.8 Å². The minimum atomic E-state index is -0.0360. The standard InChI is InChI=1S/C15H14N4O/c1-8-7-16-14-13(8)10-6-9(11-4-5-17-19-11)2-3-12(10)18-15(14)20/h2-6,8,16H,7H2,1H3,(H,17,19)(H,18,20). The fourth-order valence-corrected chi connectivity index (χ4v) is 2.95. The van der Waals surface area contributed by atoms with E-state index < -0.39 is 0 Å². The van der Waals surface area contributed by atoms with E-state index in [-0.39, 0.29) is 5.56 Å². The first kappa shape index (κ1) is 11.3. The molecular weight excluding hydrogens is 252 g/mol. The fraction of sp³-hybridized carbons (Fsp3) is 0.200. The lowest BCUT2D eigenvalue weighted by molar-refractivity contribution is 0.860. The molecule has 1 aliphatic rings. The van der Waals surface area contributed by atoms with E-state index in [2.05, 4.69) is 33.5 Å². The Morgan fingerprint density at radius 2 is 2.20 bits per heavy atom. The van der Waals surface area contributed by atoms with Crippen LogP contribution in [0.1, 0.15) is 18.4 Å². The Labute approximate surface area is 115 Å². The maximum absolute atomic E-state index is 12.0. The molecule has 0 fully saturated rings. The maximum Gasteiger partial charge on any atom is 0.272 e. The summed E-state index contributed by atoms with van der Waals surface area (Å²) in [6.45, 7) is 2.95. The predicted molar refractivity (Wildman–Crippen MR) is 79.1 cm³/mol. The molecule has 0 radical (unpaired) electrons. The van der Waals surface area contributed by atoms with Gasteiger partial charge in [0.1, 0.15) is 5.69 Å². The molecule has 3 N–H and O–H groups in total. The Hall–Kier alpha value is -2.56. The third kappa shape index (κ3) is 1.49. The summed E-state index contributed by atoms with van der Waals surface area (Å²) in [4.78, 5) is 15.0. The van der Waals surface area contributed by atoms with Gasteiger partial charge >= 0.3 is 0 Å². The lowest BCUT2D eigenvalue weighted by atomic mass is 9.97. The summed E-state index contributed by atoms with van der Waals surface area (Å²) in [5.74, 6) is 0.340. The summed E-state index contributed by atoms with van der Waals surface area (Å²) in [5.41, 5.74) is 4.73. The zero-order chi connectivity index (χ0) is 13.7. The average molecular weight is 266 g/mol. The van der Waals surface area contributed by atoms with Crippen LogP contribution in [0, 0.1) is 0 Å². The van der Waals surface area contributed by atoms with E-state index in [9.17, 15) is 4.79 Å². The molecule has 3 aromatic rings. The third-order valence-corrected chi connectivity index (χ3v) is 3.94. The highest BCUT2D eigenvalue weighted by Crippen LogP contribution is 2.35. The Kier molecular flexibility index (Phi) is 2.24. The van der Waals surface area contributed by atoms with Gasteiger partial charge in [-0.1, -0.05) is 13.0 Å². The topological polar surface area (TPSA) is 73.6 Å². The van der Waals surface area contributed by atoms with Gasteiger partial charge in [-0.25, -0.2) is 0 Å². The number of aromatic amines is 2. The van der Waals surface area contributed by atoms with Gasteiger partial charge in [-0.3, -0.25) is 9.89 Å². The first-order valence-corrected chi connectivity index (χ1v) is 6.67. The molecule has 0 aliphatic carbocycles. The molecule has 0 saturated carbocycles. The molecule has 0 bridgehead atoms. The quantitative estimate of drug-likeness (QED) is 0.633. The van der Waals surface area contributed by atoms with Crippen LogP contribution in [0.2, 0.25) is 0 Å². The van der Waals surface area contributed by atoms with Gasteiger partial charge in [0.25, 0.3) is 5.56 Å². The number of pyridine rings is 1. The zero-order valence-electron chi connectivity index (χ0n) is 11.0. The van der Waals surface area contributed by atoms with Gasteiger partial charge in [0.2, 0.25) is 0 Å². The Morgan fingerprint density at radius 1 is 1.30 bits per heavy atom. The largest absolute Gasteiger partial charge is 0.380 e. The highest BCUT2D eigenvalue weighted by atomic mass is 16.1. The maximum atomic E-state index is 12.0. The Bertz CT molecular complexity index is 848. The fourth-order valence-electron chi connectivity index (χ4n) is 2.95. The third-order valence-electron chi connectivity index (χ3n) is 3.94. The van der Waals surface area contributed by atoms with E-state index in [0.29, 0.717) is 11.6 Å². The Balaban J connectivity index is 2.05. The van der Waals surface area contributed by atoms with Crippen molar-refractivity contribution in [3.8, 4) is 11.3 Å². The number of anilines is 1. The van der Waals surface area contributed by atoms with Crippen LogP contribution in [0.25, 0.3) is 22.2 Å². The van der Waals surface area contributed by atoms with E-state index in [1.165, 1.54) is 0 Å². The molecule has 1 aromatic carbocycles. The smallest absolute Gasteiger partial charge is 0.272 e. The van der Waals surface area contributed by atoms with Gasteiger partial charge in [0.05, 0.1) is 5.69 Å². The lowest BCUT2D eigenvalue weighted by Gasteiger charge is -2.09. The second kappa shape index (κ2) is 3.96. The summed E-state index contributed by atoms with van der Waals surface area (Å²) in [5, 5.41) is 11.3. The summed E-state index contributed by atoms with van der Waals surface area (Å²) >= 11 is 0. The molecule has 1 unspecified atom stereocenters. The molecule has 1 atom stereocenters. The molecule has 100 valence electrons. The van der Waals surface area contributed by atoms with Crippen molar-refractivity contribution >= 4 is 16.6 Å². The minimum Gasteiger partial charge on any atom is -0.380 e. The van der Waals surface area contributed by atoms with E-state index in [0.717, 1.165) is 34.3 Å². The van der Waals surface area contributed by atoms with Crippen LogP contribution in [-0.2, 0) is 0 Å². The molecule has 20 heavy (non-hydrogen) atoms. The Morgan fingerprint density at radius 3 is 3.00 bits per heavy atom. The summed E-state index contributed by atoms with van der Waals surface area (Å²) in [6.07, 6.45) is 1.74. The van der Waals surface area contributed by atoms with Crippen LogP contribution in [0.5, 0.6) is 0 Å². The molecule has 4 rings (SSSR count). The lowest BCUT2D eigenvalue weighted by Crippen LogP contribution is -2.11. The molecule has 0 spiro atoms. The average Bonchev–Trinajstić information content (AvgIpc) is 3.09. The molecule has 3 heterocycles. The number of H-pyrrole nitrogens is 2. The highest BCUT2D eigenvalue weighted by molar-refractivity contribution is 5.91. The predicted octanol–water partition coefficient (Wildman–Crippen LogP) is 2.45. The van der Waals surface area contributed by atoms with Gasteiger partial charge in [-0.05, 0) is 23.8 Å². The number of benzene rings is 1. The number of rotatable bonds is 1. The van der Waals surface area contributed by atoms with Gasteiger partial charge in [-0.2, -0.15) is 5.10 Å². The highest BCUT2D eigenvalue weighted by Gasteiger charge is 2.24. The SMILES string of the molecule is CC1CNc2c1c1cc(-c3ccn[nH]3)ccc1[nH]c2=O. The minimum absolute atomic E-state index is 0.0360. The van der Waals surface area contributed by atoms with Crippen LogP contribution in [-0.4, -0.2) is 21.7 Å². The number of nitrogens with one attached hydrogen (secondary N) is 3. The van der Waals surface area contributed by atoms with E-state index in [1.807, 2.05) is 18.2 Å². The van der Waals surface area contributed by atoms with Gasteiger partial charge in [-0.15, -0.1) is 0 Å². The van der Waals surface area contributed by atoms with E-state index >= 15 is 0 Å². The summed E-state index contributed by atoms with van der Waals surface area (Å²) in [6, 6.07) is 8.00. The van der Waals surface area contributed by atoms with Crippen molar-refractivity contribution in [2.24, 2.45) is 0 Å². The molecular formula is C15H14N4O. The first-order valence-electron chi connectivity index (χ1n) is 6.67. The van der Waals surface area contributed by atoms with Crippen molar-refractivity contribution in [1.29, 1.82) is 0 Å². The monoisotopic (exact) mass is 266 g/mol. The van der Waals surface area contributed by atoms with Gasteiger partial charge < -0.3 is 10.3 Å². The second-order valence-corrected chi connectivity index (χ2v) is 5.26. The second-order valence-electron chi connectivity index (χ2n) is 5.26. The first-order chi connectivity index (χ1) is 9.74. The number of fused-ring (bicyclic) bond motifs is 3. The molecule has 2 aromatic heterocycles. The van der Waals surface area contributed by atoms with Crippen molar-refractivity contribution < 1.29 is 0 Å². The summed E-state index contributed by atoms with van der Waals surface area (Å²) < 4.78 is 0. The molecule has 0 saturated heterocycles. The number of hydrogen-bond acceptors (Lipinski definition) is 3. The molecule has 5 nitrogen and oxygen atoms in total.